The smallest absolute Gasteiger partial charge is 0.152 e. The summed E-state index contributed by atoms with van der Waals surface area (Å²) >= 11 is 0. The first-order chi connectivity index (χ1) is 5.79. The van der Waals surface area contributed by atoms with E-state index in [2.05, 4.69) is 4.98 Å². The van der Waals surface area contributed by atoms with Crippen molar-refractivity contribution >= 4 is 11.1 Å². The molecule has 0 amide bonds. The highest BCUT2D eigenvalue weighted by Crippen LogP contribution is 2.16. The molecule has 2 aromatic rings. The van der Waals surface area contributed by atoms with Gasteiger partial charge < -0.3 is 4.42 Å². The third-order valence-corrected chi connectivity index (χ3v) is 1.61. The molecule has 0 bridgehead atoms. The molecule has 0 saturated heterocycles. The number of nitrogens with zero attached hydrogens (tertiary/aromatic N) is 2. The number of furan rings is 1. The zero-order valence-corrected chi connectivity index (χ0v) is 6.53. The zero-order chi connectivity index (χ0) is 8.55. The maximum Gasteiger partial charge on any atom is 0.152 e. The first-order valence-corrected chi connectivity index (χ1v) is 3.57. The van der Waals surface area contributed by atoms with E-state index >= 15 is 0 Å². The molecule has 0 unspecified atom stereocenters. The van der Waals surface area contributed by atoms with Crippen LogP contribution in [-0.2, 0) is 0 Å². The fraction of sp³-hybridized carbons (Fsp3) is 0.111. The fourth-order valence-electron chi connectivity index (χ4n) is 1.11. The van der Waals surface area contributed by atoms with Crippen molar-refractivity contribution in [1.82, 2.24) is 4.98 Å². The summed E-state index contributed by atoms with van der Waals surface area (Å²) in [5.41, 5.74) is 1.89. The average molecular weight is 158 g/mol. The molecule has 3 heteroatoms. The van der Waals surface area contributed by atoms with Gasteiger partial charge in [0.15, 0.2) is 5.58 Å². The summed E-state index contributed by atoms with van der Waals surface area (Å²) in [5, 5.41) is 8.56. The van der Waals surface area contributed by atoms with Crippen LogP contribution in [0.15, 0.2) is 22.6 Å². The molecule has 2 aromatic heterocycles. The molecular weight excluding hydrogens is 152 g/mol. The van der Waals surface area contributed by atoms with Gasteiger partial charge in [0.25, 0.3) is 0 Å². The van der Waals surface area contributed by atoms with Crippen molar-refractivity contribution in [3.05, 3.63) is 29.7 Å². The second kappa shape index (κ2) is 2.35. The minimum absolute atomic E-state index is 0.420. The molecule has 0 aliphatic rings. The molecule has 0 spiro atoms. The minimum Gasteiger partial charge on any atom is -0.460 e. The highest BCUT2D eigenvalue weighted by atomic mass is 16.3. The quantitative estimate of drug-likeness (QED) is 0.589. The highest BCUT2D eigenvalue weighted by molar-refractivity contribution is 5.73. The third-order valence-electron chi connectivity index (χ3n) is 1.61. The normalized spacial score (nSPS) is 10.0. The molecular formula is C9H6N2O. The first-order valence-electron chi connectivity index (χ1n) is 3.57. The van der Waals surface area contributed by atoms with Gasteiger partial charge in [0, 0.05) is 6.07 Å². The number of rotatable bonds is 0. The van der Waals surface area contributed by atoms with Crippen LogP contribution in [0.1, 0.15) is 11.5 Å². The van der Waals surface area contributed by atoms with Crippen LogP contribution in [0, 0.1) is 18.3 Å². The van der Waals surface area contributed by atoms with Crippen LogP contribution in [0.2, 0.25) is 0 Å². The van der Waals surface area contributed by atoms with Crippen molar-refractivity contribution in [3.8, 4) is 6.07 Å². The van der Waals surface area contributed by atoms with Crippen LogP contribution in [0.4, 0.5) is 0 Å². The lowest BCUT2D eigenvalue weighted by molar-refractivity contribution is 0.578. The number of pyridine rings is 1. The Morgan fingerprint density at radius 3 is 3.08 bits per heavy atom. The Labute approximate surface area is 69.2 Å². The van der Waals surface area contributed by atoms with Gasteiger partial charge in [-0.15, -0.1) is 0 Å². The van der Waals surface area contributed by atoms with E-state index in [0.29, 0.717) is 5.69 Å². The molecule has 3 nitrogen and oxygen atoms in total. The summed E-state index contributed by atoms with van der Waals surface area (Å²) in [6, 6.07) is 7.19. The lowest BCUT2D eigenvalue weighted by Crippen LogP contribution is -1.79. The van der Waals surface area contributed by atoms with Crippen LogP contribution in [0.3, 0.4) is 0 Å². The predicted octanol–water partition coefficient (Wildman–Crippen LogP) is 2.01. The van der Waals surface area contributed by atoms with Gasteiger partial charge >= 0.3 is 0 Å². The number of hydrogen-bond acceptors (Lipinski definition) is 3. The Balaban J connectivity index is 2.77. The largest absolute Gasteiger partial charge is 0.460 e. The molecule has 2 rings (SSSR count). The number of fused-ring (bicyclic) bond motifs is 1. The molecule has 0 fully saturated rings. The maximum absolute atomic E-state index is 8.56. The second-order valence-corrected chi connectivity index (χ2v) is 2.55. The van der Waals surface area contributed by atoms with Crippen molar-refractivity contribution in [2.45, 2.75) is 6.92 Å². The Hall–Kier alpha value is -1.82. The van der Waals surface area contributed by atoms with Crippen molar-refractivity contribution in [2.75, 3.05) is 0 Å². The summed E-state index contributed by atoms with van der Waals surface area (Å²) in [7, 11) is 0. The van der Waals surface area contributed by atoms with Gasteiger partial charge in [0.05, 0.1) is 0 Å². The number of aryl methyl sites for hydroxylation is 1. The van der Waals surface area contributed by atoms with Crippen LogP contribution in [0.5, 0.6) is 0 Å². The first kappa shape index (κ1) is 6.86. The van der Waals surface area contributed by atoms with Gasteiger partial charge in [-0.1, -0.05) is 0 Å². The van der Waals surface area contributed by atoms with E-state index < -0.39 is 0 Å². The fourth-order valence-corrected chi connectivity index (χ4v) is 1.11. The Morgan fingerprint density at radius 1 is 1.50 bits per heavy atom. The van der Waals surface area contributed by atoms with Crippen LogP contribution >= 0.6 is 0 Å². The Bertz CT molecular complexity index is 465. The van der Waals surface area contributed by atoms with Gasteiger partial charge in [0.2, 0.25) is 0 Å². The molecule has 2 heterocycles. The molecule has 0 saturated carbocycles. The van der Waals surface area contributed by atoms with E-state index in [0.717, 1.165) is 16.9 Å². The summed E-state index contributed by atoms with van der Waals surface area (Å²) in [5.74, 6) is 0.813. The molecule has 0 radical (unpaired) electrons. The Morgan fingerprint density at radius 2 is 2.33 bits per heavy atom. The lowest BCUT2D eigenvalue weighted by atomic mass is 10.3. The molecule has 12 heavy (non-hydrogen) atoms. The third kappa shape index (κ3) is 0.940. The number of nitriles is 1. The number of aromatic nitrogens is 1. The van der Waals surface area contributed by atoms with Crippen LogP contribution in [0.25, 0.3) is 11.1 Å². The zero-order valence-electron chi connectivity index (χ0n) is 6.53. The van der Waals surface area contributed by atoms with Gasteiger partial charge in [-0.05, 0) is 19.1 Å². The van der Waals surface area contributed by atoms with E-state index in [1.807, 2.05) is 19.1 Å². The summed E-state index contributed by atoms with van der Waals surface area (Å²) in [4.78, 5) is 4.06. The molecule has 0 aliphatic heterocycles. The Kier molecular flexibility index (Phi) is 1.34. The molecule has 0 N–H and O–H groups in total. The predicted molar refractivity (Wildman–Crippen MR) is 43.5 cm³/mol. The average Bonchev–Trinajstić information content (AvgIpc) is 2.43. The van der Waals surface area contributed by atoms with Gasteiger partial charge in [-0.2, -0.15) is 5.26 Å². The van der Waals surface area contributed by atoms with Gasteiger partial charge in [-0.3, -0.25) is 0 Å². The summed E-state index contributed by atoms with van der Waals surface area (Å²) in [6.45, 7) is 1.85. The maximum atomic E-state index is 8.56. The standard InChI is InChI=1S/C9H6N2O/c1-6-4-8-9(12-6)3-2-7(5-10)11-8/h2-4H,1H3. The van der Waals surface area contributed by atoms with Gasteiger partial charge in [0.1, 0.15) is 23.0 Å². The topological polar surface area (TPSA) is 49.8 Å². The molecule has 0 atom stereocenters. The molecule has 0 aromatic carbocycles. The van der Waals surface area contributed by atoms with Crippen molar-refractivity contribution in [1.29, 1.82) is 5.26 Å². The molecule has 58 valence electrons. The highest BCUT2D eigenvalue weighted by Gasteiger charge is 2.01. The van der Waals surface area contributed by atoms with Crippen LogP contribution < -0.4 is 0 Å². The molecule has 0 aliphatic carbocycles. The SMILES string of the molecule is Cc1cc2nc(C#N)ccc2o1. The van der Waals surface area contributed by atoms with Crippen LogP contribution in [-0.4, -0.2) is 4.98 Å². The van der Waals surface area contributed by atoms with Crippen molar-refractivity contribution in [3.63, 3.8) is 0 Å². The van der Waals surface area contributed by atoms with Gasteiger partial charge in [-0.25, -0.2) is 4.98 Å². The van der Waals surface area contributed by atoms with E-state index in [4.69, 9.17) is 9.68 Å². The monoisotopic (exact) mass is 158 g/mol. The number of hydrogen-bond donors (Lipinski definition) is 0. The van der Waals surface area contributed by atoms with E-state index in [1.165, 1.54) is 0 Å². The van der Waals surface area contributed by atoms with E-state index in [9.17, 15) is 0 Å². The van der Waals surface area contributed by atoms with E-state index in [1.54, 1.807) is 12.1 Å². The summed E-state index contributed by atoms with van der Waals surface area (Å²) < 4.78 is 5.30. The lowest BCUT2D eigenvalue weighted by Gasteiger charge is -1.86. The minimum atomic E-state index is 0.420. The van der Waals surface area contributed by atoms with Crippen molar-refractivity contribution < 1.29 is 4.42 Å². The second-order valence-electron chi connectivity index (χ2n) is 2.55. The van der Waals surface area contributed by atoms with E-state index in [-0.39, 0.29) is 0 Å². The van der Waals surface area contributed by atoms with Crippen molar-refractivity contribution in [2.24, 2.45) is 0 Å². The summed E-state index contributed by atoms with van der Waals surface area (Å²) in [6.07, 6.45) is 0.